The Morgan fingerprint density at radius 2 is 1.79 bits per heavy atom. The Balaban J connectivity index is 1.43. The van der Waals surface area contributed by atoms with Crippen LogP contribution in [0.15, 0.2) is 58.3 Å². The first-order chi connectivity index (χ1) is 22.5. The zero-order valence-electron chi connectivity index (χ0n) is 27.1. The van der Waals surface area contributed by atoms with Gasteiger partial charge in [-0.25, -0.2) is 0 Å². The molecule has 0 saturated heterocycles. The van der Waals surface area contributed by atoms with E-state index in [4.69, 9.17) is 9.47 Å². The molecule has 9 heteroatoms. The third-order valence-corrected chi connectivity index (χ3v) is 10.6. The minimum Gasteiger partial charge on any atom is -0.508 e. The Labute approximate surface area is 274 Å². The van der Waals surface area contributed by atoms with Crippen molar-refractivity contribution < 1.29 is 44.6 Å². The second kappa shape index (κ2) is 12.7. The summed E-state index contributed by atoms with van der Waals surface area (Å²) in [6, 6.07) is 1.88. The number of phenolic OH excluding ortho intramolecular Hbond substituents is 1. The number of aliphatic hydroxyl groups is 4. The number of carbonyl (C=O) groups is 2. The Kier molecular flexibility index (Phi) is 8.86. The summed E-state index contributed by atoms with van der Waals surface area (Å²) in [6.07, 6.45) is 10.2. The summed E-state index contributed by atoms with van der Waals surface area (Å²) < 4.78 is 10.7. The summed E-state index contributed by atoms with van der Waals surface area (Å²) in [6.45, 7) is 1.29. The molecule has 0 heterocycles. The molecule has 6 rings (SSSR count). The van der Waals surface area contributed by atoms with Crippen LogP contribution < -0.4 is 0 Å². The van der Waals surface area contributed by atoms with Gasteiger partial charge in [-0.3, -0.25) is 9.59 Å². The largest absolute Gasteiger partial charge is 0.508 e. The van der Waals surface area contributed by atoms with Gasteiger partial charge in [-0.1, -0.05) is 23.5 Å². The number of carbonyl (C=O) groups excluding carboxylic acids is 2. The summed E-state index contributed by atoms with van der Waals surface area (Å²) in [4.78, 5) is 26.9. The zero-order valence-corrected chi connectivity index (χ0v) is 27.1. The lowest BCUT2D eigenvalue weighted by molar-refractivity contribution is -0.147. The monoisotopic (exact) mass is 642 g/mol. The fourth-order valence-corrected chi connectivity index (χ4v) is 7.92. The number of ketones is 2. The van der Waals surface area contributed by atoms with Gasteiger partial charge in [0.2, 0.25) is 5.78 Å². The molecule has 0 aliphatic heterocycles. The number of fused-ring (bicyclic) bond motifs is 3. The Morgan fingerprint density at radius 3 is 2.43 bits per heavy atom. The van der Waals surface area contributed by atoms with E-state index in [2.05, 4.69) is 17.9 Å². The first-order valence-corrected chi connectivity index (χ1v) is 16.4. The maximum atomic E-state index is 14.1. The van der Waals surface area contributed by atoms with Crippen LogP contribution in [0.1, 0.15) is 80.5 Å². The van der Waals surface area contributed by atoms with Gasteiger partial charge in [0.1, 0.15) is 17.3 Å². The van der Waals surface area contributed by atoms with Crippen LogP contribution in [0.2, 0.25) is 0 Å². The molecule has 0 bridgehead atoms. The molecule has 2 unspecified atom stereocenters. The molecule has 47 heavy (non-hydrogen) atoms. The SMILES string of the molecule is COC1=CC=C(CCc2cc(C#CC3CC=C(OC)CC3)c(O)c3c2C[C@H]2C[C@H]4CC(=O)C(C(C)O)=C(O)[C@@]4(O)C(=O)C2=C3O)CC1. The minimum atomic E-state index is -2.47. The Hall–Kier alpha value is -4.26. The van der Waals surface area contributed by atoms with Crippen molar-refractivity contribution in [3.63, 3.8) is 0 Å². The Bertz CT molecular complexity index is 1740. The third-order valence-electron chi connectivity index (χ3n) is 10.6. The van der Waals surface area contributed by atoms with Crippen molar-refractivity contribution >= 4 is 17.3 Å². The topological polar surface area (TPSA) is 154 Å². The van der Waals surface area contributed by atoms with Crippen LogP contribution >= 0.6 is 0 Å². The quantitative estimate of drug-likeness (QED) is 0.264. The van der Waals surface area contributed by atoms with Crippen molar-refractivity contribution in [3.8, 4) is 17.6 Å². The van der Waals surface area contributed by atoms with Crippen molar-refractivity contribution in [1.82, 2.24) is 0 Å². The zero-order chi connectivity index (χ0) is 33.6. The highest BCUT2D eigenvalue weighted by atomic mass is 16.5. The Morgan fingerprint density at radius 1 is 1.02 bits per heavy atom. The highest BCUT2D eigenvalue weighted by molar-refractivity contribution is 6.13. The van der Waals surface area contributed by atoms with Crippen molar-refractivity contribution in [3.05, 3.63) is 80.5 Å². The van der Waals surface area contributed by atoms with Crippen LogP contribution in [0.3, 0.4) is 0 Å². The number of rotatable bonds is 6. The van der Waals surface area contributed by atoms with Gasteiger partial charge in [-0.15, -0.1) is 0 Å². The number of aryl methyl sites for hydroxylation is 1. The predicted molar refractivity (Wildman–Crippen MR) is 174 cm³/mol. The van der Waals surface area contributed by atoms with Crippen LogP contribution in [0.5, 0.6) is 5.75 Å². The molecular weight excluding hydrogens is 600 g/mol. The molecule has 0 aromatic heterocycles. The number of benzene rings is 1. The fourth-order valence-electron chi connectivity index (χ4n) is 7.92. The molecule has 5 N–H and O–H groups in total. The van der Waals surface area contributed by atoms with Crippen LogP contribution in [0, 0.1) is 29.6 Å². The molecule has 9 nitrogen and oxygen atoms in total. The lowest BCUT2D eigenvalue weighted by atomic mass is 9.58. The van der Waals surface area contributed by atoms with Gasteiger partial charge in [0.15, 0.2) is 11.4 Å². The van der Waals surface area contributed by atoms with Crippen LogP contribution in [0.4, 0.5) is 0 Å². The van der Waals surface area contributed by atoms with Crippen molar-refractivity contribution in [2.45, 2.75) is 82.8 Å². The van der Waals surface area contributed by atoms with E-state index >= 15 is 0 Å². The molecule has 1 aromatic rings. The van der Waals surface area contributed by atoms with E-state index in [1.165, 1.54) is 12.5 Å². The first kappa shape index (κ1) is 32.7. The first-order valence-electron chi connectivity index (χ1n) is 16.4. The molecule has 248 valence electrons. The van der Waals surface area contributed by atoms with Crippen molar-refractivity contribution in [1.29, 1.82) is 0 Å². The second-order valence-corrected chi connectivity index (χ2v) is 13.3. The van der Waals surface area contributed by atoms with E-state index in [0.29, 0.717) is 24.0 Å². The van der Waals surface area contributed by atoms with Gasteiger partial charge in [0.05, 0.1) is 48.5 Å². The number of hydrogen-bond donors (Lipinski definition) is 5. The number of aliphatic hydroxyl groups excluding tert-OH is 3. The molecular formula is C38H42O9. The van der Waals surface area contributed by atoms with E-state index < -0.39 is 52.2 Å². The molecule has 0 spiro atoms. The predicted octanol–water partition coefficient (Wildman–Crippen LogP) is 5.18. The lowest BCUT2D eigenvalue weighted by Crippen LogP contribution is -2.58. The maximum absolute atomic E-state index is 14.1. The van der Waals surface area contributed by atoms with Gasteiger partial charge in [0.25, 0.3) is 0 Å². The normalized spacial score (nSPS) is 27.8. The maximum Gasteiger partial charge on any atom is 0.202 e. The molecule has 5 aliphatic carbocycles. The van der Waals surface area contributed by atoms with E-state index in [9.17, 15) is 35.1 Å². The lowest BCUT2D eigenvalue weighted by Gasteiger charge is -2.46. The van der Waals surface area contributed by atoms with Crippen LogP contribution in [-0.2, 0) is 31.9 Å². The minimum absolute atomic E-state index is 0.0660. The van der Waals surface area contributed by atoms with E-state index in [0.717, 1.165) is 55.6 Å². The molecule has 1 aromatic carbocycles. The highest BCUT2D eigenvalue weighted by Crippen LogP contribution is 2.53. The summed E-state index contributed by atoms with van der Waals surface area (Å²) >= 11 is 0. The summed E-state index contributed by atoms with van der Waals surface area (Å²) in [5.41, 5.74) is 0.349. The van der Waals surface area contributed by atoms with Gasteiger partial charge < -0.3 is 35.0 Å². The third kappa shape index (κ3) is 5.68. The number of hydrogen-bond acceptors (Lipinski definition) is 9. The molecule has 5 atom stereocenters. The van der Waals surface area contributed by atoms with Gasteiger partial charge in [-0.2, -0.15) is 0 Å². The molecule has 0 radical (unpaired) electrons. The van der Waals surface area contributed by atoms with E-state index in [-0.39, 0.29) is 35.6 Å². The molecule has 5 aliphatic rings. The smallest absolute Gasteiger partial charge is 0.202 e. The number of ether oxygens (including phenoxy) is 2. The van der Waals surface area contributed by atoms with Crippen LogP contribution in [0.25, 0.3) is 5.76 Å². The van der Waals surface area contributed by atoms with E-state index in [1.54, 1.807) is 14.2 Å². The highest BCUT2D eigenvalue weighted by Gasteiger charge is 2.60. The van der Waals surface area contributed by atoms with Crippen molar-refractivity contribution in [2.75, 3.05) is 14.2 Å². The van der Waals surface area contributed by atoms with E-state index in [1.807, 2.05) is 18.2 Å². The standard InChI is InChI=1S/C38H42O9/c1-20(39)31-30(40)19-26-17-25-18-29-23(10-4-21-6-12-27(46-2)13-7-21)16-24(11-5-22-8-14-28(47-3)15-9-22)34(41)33(29)35(42)32(25)37(44)38(26,45)36(31)43/h6,12,14,16,20,22,25-26,39,41-43,45H,4,7-10,13,15,17-19H2,1-3H3/t20?,22?,25-,26+,38-/m1/s1. The number of methoxy groups -OCH3 is 2. The number of allylic oxidation sites excluding steroid dienone is 6. The summed E-state index contributed by atoms with van der Waals surface area (Å²) in [7, 11) is 3.31. The van der Waals surface area contributed by atoms with Gasteiger partial charge in [0, 0.05) is 36.7 Å². The van der Waals surface area contributed by atoms with Crippen LogP contribution in [-0.4, -0.2) is 63.0 Å². The molecule has 1 saturated carbocycles. The second-order valence-electron chi connectivity index (χ2n) is 13.3. The van der Waals surface area contributed by atoms with Gasteiger partial charge in [-0.05, 0) is 87.1 Å². The number of aromatic hydroxyl groups is 1. The number of phenols is 1. The summed E-state index contributed by atoms with van der Waals surface area (Å²) in [5.74, 6) is 3.90. The number of Topliss-reactive ketones (excluding diaryl/α,β-unsaturated/α-hetero) is 2. The average molecular weight is 643 g/mol. The molecule has 1 fully saturated rings. The summed E-state index contributed by atoms with van der Waals surface area (Å²) in [5, 5.41) is 56.3. The van der Waals surface area contributed by atoms with Crippen molar-refractivity contribution in [2.24, 2.45) is 17.8 Å². The average Bonchev–Trinajstić information content (AvgIpc) is 3.05. The molecule has 0 amide bonds. The van der Waals surface area contributed by atoms with Gasteiger partial charge >= 0.3 is 0 Å². The fraction of sp³-hybridized carbons (Fsp3) is 0.474.